The van der Waals surface area contributed by atoms with Crippen molar-refractivity contribution < 1.29 is 0 Å². The lowest BCUT2D eigenvalue weighted by atomic mass is 9.93. The maximum atomic E-state index is 9.01. The van der Waals surface area contributed by atoms with Crippen molar-refractivity contribution in [3.63, 3.8) is 0 Å². The third kappa shape index (κ3) is 2.55. The summed E-state index contributed by atoms with van der Waals surface area (Å²) in [4.78, 5) is 2.51. The van der Waals surface area contributed by atoms with E-state index in [4.69, 9.17) is 11.0 Å². The summed E-state index contributed by atoms with van der Waals surface area (Å²) in [6.07, 6.45) is 2.32. The molecule has 0 spiro atoms. The minimum atomic E-state index is 0.392. The number of nitrogens with two attached hydrogens (primary N) is 1. The Kier molecular flexibility index (Phi) is 4.35. The zero-order chi connectivity index (χ0) is 13.0. The van der Waals surface area contributed by atoms with E-state index in [0.717, 1.165) is 38.0 Å². The van der Waals surface area contributed by atoms with Crippen LogP contribution in [0.15, 0.2) is 24.3 Å². The van der Waals surface area contributed by atoms with Crippen molar-refractivity contribution >= 4 is 0 Å². The monoisotopic (exact) mass is 243 g/mol. The molecule has 2 unspecified atom stereocenters. The highest BCUT2D eigenvalue weighted by Gasteiger charge is 2.33. The van der Waals surface area contributed by atoms with Crippen molar-refractivity contribution in [2.24, 2.45) is 11.7 Å². The minimum Gasteiger partial charge on any atom is -0.330 e. The molecule has 2 N–H and O–H groups in total. The Hall–Kier alpha value is -1.37. The maximum Gasteiger partial charge on any atom is 0.0991 e. The molecule has 1 fully saturated rings. The number of nitriles is 1. The van der Waals surface area contributed by atoms with Gasteiger partial charge in [-0.15, -0.1) is 0 Å². The molecule has 0 bridgehead atoms. The third-order valence-electron chi connectivity index (χ3n) is 3.80. The van der Waals surface area contributed by atoms with E-state index in [2.05, 4.69) is 24.0 Å². The van der Waals surface area contributed by atoms with Crippen LogP contribution in [0.2, 0.25) is 0 Å². The second kappa shape index (κ2) is 5.99. The topological polar surface area (TPSA) is 53.0 Å². The van der Waals surface area contributed by atoms with Gasteiger partial charge in [-0.05, 0) is 56.1 Å². The van der Waals surface area contributed by atoms with Crippen LogP contribution in [-0.2, 0) is 0 Å². The fourth-order valence-electron chi connectivity index (χ4n) is 2.99. The molecule has 3 nitrogen and oxygen atoms in total. The molecular weight excluding hydrogens is 222 g/mol. The van der Waals surface area contributed by atoms with Gasteiger partial charge in [0, 0.05) is 6.04 Å². The van der Waals surface area contributed by atoms with Gasteiger partial charge in [0.15, 0.2) is 0 Å². The summed E-state index contributed by atoms with van der Waals surface area (Å²) in [6, 6.07) is 10.6. The van der Waals surface area contributed by atoms with Crippen LogP contribution in [0.4, 0.5) is 0 Å². The first kappa shape index (κ1) is 13.1. The van der Waals surface area contributed by atoms with Crippen molar-refractivity contribution in [2.45, 2.75) is 25.8 Å². The van der Waals surface area contributed by atoms with Crippen LogP contribution < -0.4 is 5.73 Å². The Balaban J connectivity index is 2.28. The molecule has 0 saturated carbocycles. The lowest BCUT2D eigenvalue weighted by Crippen LogP contribution is -2.28. The summed E-state index contributed by atoms with van der Waals surface area (Å²) in [7, 11) is 0. The zero-order valence-corrected chi connectivity index (χ0v) is 11.0. The highest BCUT2D eigenvalue weighted by Crippen LogP contribution is 2.36. The van der Waals surface area contributed by atoms with Crippen LogP contribution in [0.25, 0.3) is 0 Å². The molecule has 1 aliphatic rings. The van der Waals surface area contributed by atoms with Crippen LogP contribution in [0.1, 0.15) is 36.9 Å². The summed E-state index contributed by atoms with van der Waals surface area (Å²) in [5.41, 5.74) is 7.89. The van der Waals surface area contributed by atoms with Crippen molar-refractivity contribution in [3.05, 3.63) is 35.4 Å². The fourth-order valence-corrected chi connectivity index (χ4v) is 2.99. The van der Waals surface area contributed by atoms with Gasteiger partial charge < -0.3 is 5.73 Å². The van der Waals surface area contributed by atoms with Crippen LogP contribution >= 0.6 is 0 Å². The highest BCUT2D eigenvalue weighted by atomic mass is 15.2. The fraction of sp³-hybridized carbons (Fsp3) is 0.533. The van der Waals surface area contributed by atoms with Crippen LogP contribution in [0.3, 0.4) is 0 Å². The molecule has 96 valence electrons. The van der Waals surface area contributed by atoms with Gasteiger partial charge in [-0.1, -0.05) is 19.1 Å². The minimum absolute atomic E-state index is 0.392. The summed E-state index contributed by atoms with van der Waals surface area (Å²) < 4.78 is 0. The summed E-state index contributed by atoms with van der Waals surface area (Å²) in [6.45, 7) is 5.16. The van der Waals surface area contributed by atoms with Gasteiger partial charge in [-0.25, -0.2) is 0 Å². The molecule has 0 aliphatic carbocycles. The number of rotatable bonds is 4. The molecule has 1 saturated heterocycles. The largest absolute Gasteiger partial charge is 0.330 e. The van der Waals surface area contributed by atoms with Gasteiger partial charge in [-0.3, -0.25) is 4.90 Å². The van der Waals surface area contributed by atoms with Crippen molar-refractivity contribution in [1.82, 2.24) is 4.90 Å². The number of benzene rings is 1. The van der Waals surface area contributed by atoms with E-state index in [0.29, 0.717) is 12.0 Å². The lowest BCUT2D eigenvalue weighted by Gasteiger charge is -2.28. The second-order valence-electron chi connectivity index (χ2n) is 5.00. The Morgan fingerprint density at radius 3 is 3.00 bits per heavy atom. The predicted molar refractivity (Wildman–Crippen MR) is 72.9 cm³/mol. The molecule has 3 heteroatoms. The Labute approximate surface area is 109 Å². The van der Waals surface area contributed by atoms with E-state index in [1.165, 1.54) is 5.56 Å². The van der Waals surface area contributed by atoms with E-state index in [9.17, 15) is 0 Å². The number of hydrogen-bond acceptors (Lipinski definition) is 3. The van der Waals surface area contributed by atoms with Gasteiger partial charge in [0.05, 0.1) is 11.6 Å². The Morgan fingerprint density at radius 1 is 1.50 bits per heavy atom. The van der Waals surface area contributed by atoms with Crippen LogP contribution in [0, 0.1) is 17.2 Å². The van der Waals surface area contributed by atoms with E-state index in [-0.39, 0.29) is 0 Å². The molecule has 0 radical (unpaired) electrons. The highest BCUT2D eigenvalue weighted by molar-refractivity contribution is 5.35. The summed E-state index contributed by atoms with van der Waals surface area (Å²) in [5, 5.41) is 9.01. The number of nitrogens with zero attached hydrogens (tertiary/aromatic N) is 2. The van der Waals surface area contributed by atoms with Crippen LogP contribution in [-0.4, -0.2) is 24.5 Å². The lowest BCUT2D eigenvalue weighted by molar-refractivity contribution is 0.230. The van der Waals surface area contributed by atoms with Gasteiger partial charge >= 0.3 is 0 Å². The molecule has 0 aromatic heterocycles. The van der Waals surface area contributed by atoms with Crippen LogP contribution in [0.5, 0.6) is 0 Å². The molecule has 2 rings (SSSR count). The van der Waals surface area contributed by atoms with Gasteiger partial charge in [0.25, 0.3) is 0 Å². The molecule has 1 aromatic carbocycles. The molecule has 1 heterocycles. The van der Waals surface area contributed by atoms with E-state index < -0.39 is 0 Å². The first-order chi connectivity index (χ1) is 8.80. The first-order valence-corrected chi connectivity index (χ1v) is 6.74. The first-order valence-electron chi connectivity index (χ1n) is 6.74. The number of hydrogen-bond donors (Lipinski definition) is 1. The van der Waals surface area contributed by atoms with Gasteiger partial charge in [-0.2, -0.15) is 5.26 Å². The third-order valence-corrected chi connectivity index (χ3v) is 3.80. The molecule has 2 atom stereocenters. The SMILES string of the molecule is CCCN1CCC(CN)C1c1cccc(C#N)c1. The predicted octanol–water partition coefficient (Wildman–Crippen LogP) is 2.29. The number of likely N-dealkylation sites (tertiary alicyclic amines) is 1. The average Bonchev–Trinajstić information content (AvgIpc) is 2.82. The average molecular weight is 243 g/mol. The summed E-state index contributed by atoms with van der Waals surface area (Å²) >= 11 is 0. The molecular formula is C15H21N3. The van der Waals surface area contributed by atoms with Gasteiger partial charge in [0.2, 0.25) is 0 Å². The molecule has 1 aromatic rings. The quantitative estimate of drug-likeness (QED) is 0.882. The second-order valence-corrected chi connectivity index (χ2v) is 5.00. The van der Waals surface area contributed by atoms with E-state index in [1.807, 2.05) is 18.2 Å². The molecule has 18 heavy (non-hydrogen) atoms. The Bertz CT molecular complexity index is 436. The smallest absolute Gasteiger partial charge is 0.0991 e. The van der Waals surface area contributed by atoms with Crippen molar-refractivity contribution in [1.29, 1.82) is 5.26 Å². The van der Waals surface area contributed by atoms with Crippen molar-refractivity contribution in [3.8, 4) is 6.07 Å². The maximum absolute atomic E-state index is 9.01. The normalized spacial score (nSPS) is 24.1. The van der Waals surface area contributed by atoms with E-state index in [1.54, 1.807) is 0 Å². The summed E-state index contributed by atoms with van der Waals surface area (Å²) in [5.74, 6) is 0.519. The standard InChI is InChI=1S/C15H21N3/c1-2-7-18-8-6-14(11-17)15(18)13-5-3-4-12(9-13)10-16/h3-5,9,14-15H,2,6-8,11,17H2,1H3. The Morgan fingerprint density at radius 2 is 2.33 bits per heavy atom. The molecule has 0 amide bonds. The van der Waals surface area contributed by atoms with Gasteiger partial charge in [0.1, 0.15) is 0 Å². The molecule has 1 aliphatic heterocycles. The zero-order valence-electron chi connectivity index (χ0n) is 11.0. The van der Waals surface area contributed by atoms with E-state index >= 15 is 0 Å². The van der Waals surface area contributed by atoms with Crippen molar-refractivity contribution in [2.75, 3.05) is 19.6 Å².